The molecule has 1 fully saturated rings. The van der Waals surface area contributed by atoms with Crippen molar-refractivity contribution in [3.8, 4) is 0 Å². The Labute approximate surface area is 127 Å². The first-order valence-electron chi connectivity index (χ1n) is 6.75. The number of halogens is 1. The first-order chi connectivity index (χ1) is 9.50. The zero-order valence-electron chi connectivity index (χ0n) is 11.3. The Morgan fingerprint density at radius 3 is 2.75 bits per heavy atom. The normalized spacial score (nSPS) is 22.5. The molecule has 1 amide bonds. The van der Waals surface area contributed by atoms with E-state index in [0.717, 1.165) is 24.8 Å². The van der Waals surface area contributed by atoms with E-state index in [2.05, 4.69) is 5.32 Å². The molecule has 110 valence electrons. The molecule has 0 aromatic carbocycles. The molecule has 6 heteroatoms. The molecule has 4 nitrogen and oxygen atoms in total. The predicted octanol–water partition coefficient (Wildman–Crippen LogP) is 3.33. The molecule has 2 rings (SSSR count). The van der Waals surface area contributed by atoms with E-state index in [9.17, 15) is 14.7 Å². The Hall–Kier alpha value is -1.07. The van der Waals surface area contributed by atoms with Gasteiger partial charge in [0.05, 0.1) is 10.9 Å². The summed E-state index contributed by atoms with van der Waals surface area (Å²) >= 11 is 7.38. The maximum absolute atomic E-state index is 12.1. The van der Waals surface area contributed by atoms with Gasteiger partial charge in [-0.05, 0) is 36.6 Å². The lowest BCUT2D eigenvalue weighted by atomic mass is 9.79. The topological polar surface area (TPSA) is 66.4 Å². The first-order valence-corrected chi connectivity index (χ1v) is 8.01. The number of carbonyl (C=O) groups is 2. The Morgan fingerprint density at radius 1 is 1.45 bits per heavy atom. The first kappa shape index (κ1) is 15.3. The fourth-order valence-electron chi connectivity index (χ4n) is 2.66. The minimum absolute atomic E-state index is 0.0186. The van der Waals surface area contributed by atoms with Crippen LogP contribution in [-0.4, -0.2) is 23.5 Å². The fraction of sp³-hybridized carbons (Fsp3) is 0.571. The van der Waals surface area contributed by atoms with Crippen LogP contribution in [0.15, 0.2) is 5.38 Å². The van der Waals surface area contributed by atoms with Gasteiger partial charge in [-0.2, -0.15) is 0 Å². The summed E-state index contributed by atoms with van der Waals surface area (Å²) in [6.45, 7) is 2.26. The van der Waals surface area contributed by atoms with Crippen molar-refractivity contribution in [2.24, 2.45) is 11.8 Å². The van der Waals surface area contributed by atoms with E-state index in [1.165, 1.54) is 11.3 Å². The Bertz CT molecular complexity index is 515. The maximum Gasteiger partial charge on any atom is 0.306 e. The van der Waals surface area contributed by atoms with Crippen molar-refractivity contribution in [3.63, 3.8) is 0 Å². The van der Waals surface area contributed by atoms with Gasteiger partial charge in [-0.25, -0.2) is 0 Å². The predicted molar refractivity (Wildman–Crippen MR) is 79.5 cm³/mol. The van der Waals surface area contributed by atoms with Gasteiger partial charge < -0.3 is 10.4 Å². The van der Waals surface area contributed by atoms with E-state index in [1.807, 2.05) is 12.3 Å². The number of nitrogens with one attached hydrogen (secondary N) is 1. The standard InChI is InChI=1S/C14H18ClNO3S/c1-8-7-20-12(11(8)15)13(17)16-6-9-4-2-3-5-10(9)14(18)19/h7,9-10H,2-6H2,1H3,(H,16,17)(H,18,19). The number of hydrogen-bond donors (Lipinski definition) is 2. The van der Waals surface area contributed by atoms with Crippen LogP contribution in [0.5, 0.6) is 0 Å². The van der Waals surface area contributed by atoms with Crippen molar-refractivity contribution >= 4 is 34.8 Å². The minimum atomic E-state index is -0.756. The molecule has 0 saturated heterocycles. The monoisotopic (exact) mass is 315 g/mol. The molecule has 20 heavy (non-hydrogen) atoms. The smallest absolute Gasteiger partial charge is 0.306 e. The number of rotatable bonds is 4. The van der Waals surface area contributed by atoms with Crippen LogP contribution < -0.4 is 5.32 Å². The van der Waals surface area contributed by atoms with Gasteiger partial charge in [-0.1, -0.05) is 24.4 Å². The van der Waals surface area contributed by atoms with Crippen molar-refractivity contribution in [1.29, 1.82) is 0 Å². The molecule has 0 radical (unpaired) electrons. The lowest BCUT2D eigenvalue weighted by molar-refractivity contribution is -0.144. The van der Waals surface area contributed by atoms with Crippen LogP contribution in [0.25, 0.3) is 0 Å². The quantitative estimate of drug-likeness (QED) is 0.895. The molecule has 0 bridgehead atoms. The molecule has 0 spiro atoms. The summed E-state index contributed by atoms with van der Waals surface area (Å²) in [5.74, 6) is -1.29. The fourth-order valence-corrected chi connectivity index (χ4v) is 3.86. The highest BCUT2D eigenvalue weighted by atomic mass is 35.5. The van der Waals surface area contributed by atoms with Gasteiger partial charge in [0.15, 0.2) is 0 Å². The molecule has 1 heterocycles. The van der Waals surface area contributed by atoms with Crippen LogP contribution >= 0.6 is 22.9 Å². The summed E-state index contributed by atoms with van der Waals surface area (Å²) in [5.41, 5.74) is 0.892. The molecule has 1 aliphatic rings. The van der Waals surface area contributed by atoms with E-state index < -0.39 is 5.97 Å². The molecule has 0 aliphatic heterocycles. The number of carboxylic acid groups (broad SMARTS) is 1. The van der Waals surface area contributed by atoms with Gasteiger partial charge in [-0.15, -0.1) is 11.3 Å². The van der Waals surface area contributed by atoms with Crippen molar-refractivity contribution in [2.45, 2.75) is 32.6 Å². The van der Waals surface area contributed by atoms with Crippen molar-refractivity contribution in [3.05, 3.63) is 20.8 Å². The van der Waals surface area contributed by atoms with Gasteiger partial charge in [-0.3, -0.25) is 9.59 Å². The zero-order valence-corrected chi connectivity index (χ0v) is 12.9. The lowest BCUT2D eigenvalue weighted by Crippen LogP contribution is -2.37. The van der Waals surface area contributed by atoms with E-state index in [0.29, 0.717) is 22.9 Å². The third kappa shape index (κ3) is 3.33. The number of aliphatic carboxylic acids is 1. The van der Waals surface area contributed by atoms with Crippen LogP contribution in [0.4, 0.5) is 0 Å². The van der Waals surface area contributed by atoms with E-state index in [-0.39, 0.29) is 17.7 Å². The molecule has 2 atom stereocenters. The average molecular weight is 316 g/mol. The summed E-state index contributed by atoms with van der Waals surface area (Å²) in [6.07, 6.45) is 3.55. The second-order valence-corrected chi connectivity index (χ2v) is 6.52. The summed E-state index contributed by atoms with van der Waals surface area (Å²) in [5, 5.41) is 14.4. The Balaban J connectivity index is 1.95. The molecular weight excluding hydrogens is 298 g/mol. The van der Waals surface area contributed by atoms with E-state index in [4.69, 9.17) is 11.6 Å². The third-order valence-electron chi connectivity index (χ3n) is 3.86. The Kier molecular flexibility index (Phi) is 5.05. The Morgan fingerprint density at radius 2 is 2.15 bits per heavy atom. The van der Waals surface area contributed by atoms with Gasteiger partial charge in [0, 0.05) is 6.54 Å². The molecule has 2 N–H and O–H groups in total. The second kappa shape index (κ2) is 6.59. The summed E-state index contributed by atoms with van der Waals surface area (Å²) in [6, 6.07) is 0. The molecule has 1 aromatic heterocycles. The van der Waals surface area contributed by atoms with Crippen LogP contribution in [0, 0.1) is 18.8 Å². The largest absolute Gasteiger partial charge is 0.481 e. The number of carboxylic acids is 1. The highest BCUT2D eigenvalue weighted by molar-refractivity contribution is 7.13. The van der Waals surface area contributed by atoms with Gasteiger partial charge in [0.2, 0.25) is 0 Å². The summed E-state index contributed by atoms with van der Waals surface area (Å²) in [4.78, 5) is 23.8. The van der Waals surface area contributed by atoms with Gasteiger partial charge >= 0.3 is 5.97 Å². The third-order valence-corrected chi connectivity index (χ3v) is 5.55. The average Bonchev–Trinajstić information content (AvgIpc) is 2.76. The molecular formula is C14H18ClNO3S. The number of thiophene rings is 1. The number of amides is 1. The van der Waals surface area contributed by atoms with Gasteiger partial charge in [0.25, 0.3) is 5.91 Å². The number of aryl methyl sites for hydroxylation is 1. The van der Waals surface area contributed by atoms with Gasteiger partial charge in [0.1, 0.15) is 4.88 Å². The van der Waals surface area contributed by atoms with Crippen LogP contribution in [-0.2, 0) is 4.79 Å². The van der Waals surface area contributed by atoms with Crippen molar-refractivity contribution in [2.75, 3.05) is 6.54 Å². The van der Waals surface area contributed by atoms with Crippen molar-refractivity contribution in [1.82, 2.24) is 5.32 Å². The van der Waals surface area contributed by atoms with E-state index >= 15 is 0 Å². The lowest BCUT2D eigenvalue weighted by Gasteiger charge is -2.28. The summed E-state index contributed by atoms with van der Waals surface area (Å²) < 4.78 is 0. The van der Waals surface area contributed by atoms with E-state index in [1.54, 1.807) is 0 Å². The highest BCUT2D eigenvalue weighted by Gasteiger charge is 2.31. The summed E-state index contributed by atoms with van der Waals surface area (Å²) in [7, 11) is 0. The number of carbonyl (C=O) groups excluding carboxylic acids is 1. The second-order valence-electron chi connectivity index (χ2n) is 5.26. The molecule has 1 aromatic rings. The zero-order chi connectivity index (χ0) is 14.7. The van der Waals surface area contributed by atoms with Crippen molar-refractivity contribution < 1.29 is 14.7 Å². The molecule has 2 unspecified atom stereocenters. The SMILES string of the molecule is Cc1csc(C(=O)NCC2CCCCC2C(=O)O)c1Cl. The minimum Gasteiger partial charge on any atom is -0.481 e. The maximum atomic E-state index is 12.1. The highest BCUT2D eigenvalue weighted by Crippen LogP contribution is 2.30. The van der Waals surface area contributed by atoms with Crippen LogP contribution in [0.3, 0.4) is 0 Å². The molecule has 1 aliphatic carbocycles. The van der Waals surface area contributed by atoms with Crippen LogP contribution in [0.1, 0.15) is 40.9 Å². The number of hydrogen-bond acceptors (Lipinski definition) is 3. The molecule has 1 saturated carbocycles. The van der Waals surface area contributed by atoms with Crippen LogP contribution in [0.2, 0.25) is 5.02 Å².